The summed E-state index contributed by atoms with van der Waals surface area (Å²) in [6.45, 7) is 3.02. The summed E-state index contributed by atoms with van der Waals surface area (Å²) in [7, 11) is 0. The molecule has 32 heavy (non-hydrogen) atoms. The van der Waals surface area contributed by atoms with Crippen molar-refractivity contribution >= 4 is 23.6 Å². The monoisotopic (exact) mass is 451 g/mol. The maximum atomic E-state index is 13.2. The first-order chi connectivity index (χ1) is 15.6. The van der Waals surface area contributed by atoms with Crippen LogP contribution in [0, 0.1) is 5.82 Å². The Morgan fingerprint density at radius 2 is 1.84 bits per heavy atom. The average molecular weight is 452 g/mol. The Morgan fingerprint density at radius 3 is 2.56 bits per heavy atom. The normalized spacial score (nSPS) is 13.8. The van der Waals surface area contributed by atoms with Crippen molar-refractivity contribution in [3.05, 3.63) is 94.6 Å². The quantitative estimate of drug-likeness (QED) is 0.548. The van der Waals surface area contributed by atoms with Crippen LogP contribution in [0.4, 0.5) is 4.39 Å². The highest BCUT2D eigenvalue weighted by molar-refractivity contribution is 7.98. The predicted octanol–water partition coefficient (Wildman–Crippen LogP) is 4.69. The zero-order valence-electron chi connectivity index (χ0n) is 17.9. The summed E-state index contributed by atoms with van der Waals surface area (Å²) < 4.78 is 15.1. The van der Waals surface area contributed by atoms with E-state index >= 15 is 0 Å². The lowest BCUT2D eigenvalue weighted by Gasteiger charge is -2.21. The number of hydrogen-bond donors (Lipinski definition) is 2. The second kappa shape index (κ2) is 10.0. The number of amides is 2. The standard InChI is InChI=1S/C25H26FN3O2S/c1-2-21(18-6-4-3-5-7-18)28-25(31)22-14-20(23-16-32-13-12-29(22)23)24(30)27-15-17-8-10-19(26)11-9-17/h3-11,14,21H,2,12-13,15-16H2,1H3,(H,27,30)(H,28,31)/t21-/m1/s1. The first-order valence-corrected chi connectivity index (χ1v) is 11.9. The van der Waals surface area contributed by atoms with Gasteiger partial charge in [-0.05, 0) is 35.7 Å². The molecule has 1 atom stereocenters. The van der Waals surface area contributed by atoms with E-state index in [1.165, 1.54) is 12.1 Å². The summed E-state index contributed by atoms with van der Waals surface area (Å²) in [5.41, 5.74) is 3.78. The van der Waals surface area contributed by atoms with E-state index < -0.39 is 0 Å². The van der Waals surface area contributed by atoms with Crippen LogP contribution in [0.5, 0.6) is 0 Å². The fourth-order valence-electron chi connectivity index (χ4n) is 3.93. The molecule has 1 aliphatic heterocycles. The van der Waals surface area contributed by atoms with E-state index in [1.807, 2.05) is 41.8 Å². The van der Waals surface area contributed by atoms with Gasteiger partial charge in [-0.15, -0.1) is 0 Å². The van der Waals surface area contributed by atoms with Gasteiger partial charge in [0.2, 0.25) is 0 Å². The molecule has 0 saturated carbocycles. The van der Waals surface area contributed by atoms with Crippen LogP contribution in [-0.4, -0.2) is 22.1 Å². The Morgan fingerprint density at radius 1 is 1.09 bits per heavy atom. The number of nitrogens with one attached hydrogen (secondary N) is 2. The highest BCUT2D eigenvalue weighted by atomic mass is 32.2. The smallest absolute Gasteiger partial charge is 0.268 e. The third kappa shape index (κ3) is 4.88. The number of rotatable bonds is 7. The second-order valence-corrected chi connectivity index (χ2v) is 8.85. The van der Waals surface area contributed by atoms with Gasteiger partial charge < -0.3 is 15.2 Å². The summed E-state index contributed by atoms with van der Waals surface area (Å²) in [6, 6.07) is 17.5. The van der Waals surface area contributed by atoms with Gasteiger partial charge in [0.05, 0.1) is 11.6 Å². The number of halogens is 1. The third-order valence-corrected chi connectivity index (χ3v) is 6.61. The van der Waals surface area contributed by atoms with Crippen molar-refractivity contribution in [2.45, 2.75) is 38.2 Å². The molecule has 1 aliphatic rings. The number of carbonyl (C=O) groups excluding carboxylic acids is 2. The van der Waals surface area contributed by atoms with Gasteiger partial charge in [0.1, 0.15) is 11.5 Å². The van der Waals surface area contributed by atoms with Crippen molar-refractivity contribution in [3.8, 4) is 0 Å². The molecule has 0 saturated heterocycles. The fourth-order valence-corrected chi connectivity index (χ4v) is 4.89. The molecule has 2 N–H and O–H groups in total. The zero-order chi connectivity index (χ0) is 22.5. The minimum atomic E-state index is -0.310. The minimum absolute atomic E-state index is 0.0939. The molecule has 0 radical (unpaired) electrons. The van der Waals surface area contributed by atoms with Gasteiger partial charge in [-0.1, -0.05) is 49.4 Å². The van der Waals surface area contributed by atoms with Crippen molar-refractivity contribution in [2.24, 2.45) is 0 Å². The molecule has 0 aliphatic carbocycles. The van der Waals surface area contributed by atoms with E-state index in [4.69, 9.17) is 0 Å². The zero-order valence-corrected chi connectivity index (χ0v) is 18.8. The van der Waals surface area contributed by atoms with E-state index in [0.29, 0.717) is 30.1 Å². The maximum absolute atomic E-state index is 13.2. The largest absolute Gasteiger partial charge is 0.348 e. The summed E-state index contributed by atoms with van der Waals surface area (Å²) in [5.74, 6) is 0.869. The van der Waals surface area contributed by atoms with Gasteiger partial charge in [0, 0.05) is 30.3 Å². The molecule has 0 spiro atoms. The molecule has 7 heteroatoms. The SMILES string of the molecule is CC[C@@H](NC(=O)c1cc(C(=O)NCc2ccc(F)cc2)c2n1CCSC2)c1ccccc1. The van der Waals surface area contributed by atoms with Crippen LogP contribution in [0.25, 0.3) is 0 Å². The van der Waals surface area contributed by atoms with Crippen LogP contribution in [0.15, 0.2) is 60.7 Å². The molecular formula is C25H26FN3O2S. The van der Waals surface area contributed by atoms with Crippen LogP contribution < -0.4 is 10.6 Å². The summed E-state index contributed by atoms with van der Waals surface area (Å²) in [6.07, 6.45) is 0.768. The van der Waals surface area contributed by atoms with E-state index in [9.17, 15) is 14.0 Å². The number of carbonyl (C=O) groups is 2. The van der Waals surface area contributed by atoms with Crippen LogP contribution >= 0.6 is 11.8 Å². The average Bonchev–Trinajstić information content (AvgIpc) is 3.22. The molecule has 0 bridgehead atoms. The van der Waals surface area contributed by atoms with Crippen molar-refractivity contribution in [2.75, 3.05) is 5.75 Å². The molecule has 4 rings (SSSR count). The first kappa shape index (κ1) is 22.1. The third-order valence-electron chi connectivity index (χ3n) is 5.67. The van der Waals surface area contributed by atoms with Gasteiger partial charge >= 0.3 is 0 Å². The second-order valence-electron chi connectivity index (χ2n) is 7.75. The molecule has 2 aromatic carbocycles. The van der Waals surface area contributed by atoms with Gasteiger partial charge in [-0.2, -0.15) is 11.8 Å². The number of aromatic nitrogens is 1. The number of thioether (sulfide) groups is 1. The van der Waals surface area contributed by atoms with Gasteiger partial charge in [-0.25, -0.2) is 4.39 Å². The van der Waals surface area contributed by atoms with Crippen LogP contribution in [0.3, 0.4) is 0 Å². The Labute approximate surface area is 191 Å². The van der Waals surface area contributed by atoms with Crippen LogP contribution in [0.2, 0.25) is 0 Å². The molecule has 2 heterocycles. The van der Waals surface area contributed by atoms with Crippen LogP contribution in [-0.2, 0) is 18.8 Å². The van der Waals surface area contributed by atoms with Crippen molar-refractivity contribution in [1.29, 1.82) is 0 Å². The van der Waals surface area contributed by atoms with Crippen molar-refractivity contribution in [1.82, 2.24) is 15.2 Å². The van der Waals surface area contributed by atoms with Gasteiger partial charge in [0.25, 0.3) is 11.8 Å². The number of hydrogen-bond acceptors (Lipinski definition) is 3. The molecule has 0 unspecified atom stereocenters. The summed E-state index contributed by atoms with van der Waals surface area (Å²) in [4.78, 5) is 26.2. The van der Waals surface area contributed by atoms with E-state index in [0.717, 1.165) is 29.0 Å². The Bertz CT molecular complexity index is 1100. The number of nitrogens with zero attached hydrogens (tertiary/aromatic N) is 1. The van der Waals surface area contributed by atoms with Crippen LogP contribution in [0.1, 0.15) is 57.1 Å². The summed E-state index contributed by atoms with van der Waals surface area (Å²) in [5, 5.41) is 6.03. The molecule has 3 aromatic rings. The molecule has 166 valence electrons. The Hall–Kier alpha value is -3.06. The molecular weight excluding hydrogens is 425 g/mol. The Balaban J connectivity index is 1.53. The van der Waals surface area contributed by atoms with Gasteiger partial charge in [0.15, 0.2) is 0 Å². The molecule has 0 fully saturated rings. The molecule has 2 amide bonds. The molecule has 1 aromatic heterocycles. The van der Waals surface area contributed by atoms with E-state index in [1.54, 1.807) is 30.0 Å². The van der Waals surface area contributed by atoms with Gasteiger partial charge in [-0.3, -0.25) is 9.59 Å². The number of benzene rings is 2. The fraction of sp³-hybridized carbons (Fsp3) is 0.280. The highest BCUT2D eigenvalue weighted by Crippen LogP contribution is 2.27. The lowest BCUT2D eigenvalue weighted by Crippen LogP contribution is -2.30. The minimum Gasteiger partial charge on any atom is -0.348 e. The lowest BCUT2D eigenvalue weighted by atomic mass is 10.0. The lowest BCUT2D eigenvalue weighted by molar-refractivity contribution is 0.0925. The van der Waals surface area contributed by atoms with Crippen molar-refractivity contribution in [3.63, 3.8) is 0 Å². The Kier molecular flexibility index (Phi) is 6.95. The first-order valence-electron chi connectivity index (χ1n) is 10.8. The van der Waals surface area contributed by atoms with E-state index in [2.05, 4.69) is 10.6 Å². The van der Waals surface area contributed by atoms with E-state index in [-0.39, 0.29) is 23.7 Å². The predicted molar refractivity (Wildman–Crippen MR) is 125 cm³/mol. The van der Waals surface area contributed by atoms with Crippen molar-refractivity contribution < 1.29 is 14.0 Å². The highest BCUT2D eigenvalue weighted by Gasteiger charge is 2.26. The number of fused-ring (bicyclic) bond motifs is 1. The maximum Gasteiger partial charge on any atom is 0.268 e. The molecule has 5 nitrogen and oxygen atoms in total. The topological polar surface area (TPSA) is 63.1 Å². The summed E-state index contributed by atoms with van der Waals surface area (Å²) >= 11 is 1.75.